The van der Waals surface area contributed by atoms with Crippen molar-refractivity contribution in [2.45, 2.75) is 194 Å². The van der Waals surface area contributed by atoms with E-state index in [0.717, 1.165) is 19.3 Å². The van der Waals surface area contributed by atoms with Crippen molar-refractivity contribution in [3.8, 4) is 22.3 Å². The number of anilines is 8. The molecule has 0 N–H and O–H groups in total. The summed E-state index contributed by atoms with van der Waals surface area (Å²) in [5, 5.41) is 0. The van der Waals surface area contributed by atoms with E-state index in [1.54, 1.807) is 0 Å². The van der Waals surface area contributed by atoms with Gasteiger partial charge in [-0.25, -0.2) is 0 Å². The maximum Gasteiger partial charge on any atom is 0.252 e. The highest BCUT2D eigenvalue weighted by molar-refractivity contribution is 7.00. The molecule has 0 radical (unpaired) electrons. The maximum atomic E-state index is 2.77. The molecule has 1 fully saturated rings. The number of hydrogen-bond donors (Lipinski definition) is 0. The summed E-state index contributed by atoms with van der Waals surface area (Å²) in [7, 11) is 0. The minimum atomic E-state index is -0.187. The number of hydrogen-bond acceptors (Lipinski definition) is 3. The van der Waals surface area contributed by atoms with Crippen LogP contribution in [0.1, 0.15) is 189 Å². The summed E-state index contributed by atoms with van der Waals surface area (Å²) in [4.78, 5) is 8.24. The lowest BCUT2D eigenvalue weighted by Gasteiger charge is -2.56. The van der Waals surface area contributed by atoms with E-state index in [9.17, 15) is 0 Å². The lowest BCUT2D eigenvalue weighted by atomic mass is 9.33. The van der Waals surface area contributed by atoms with E-state index >= 15 is 0 Å². The Morgan fingerprint density at radius 3 is 1.27 bits per heavy atom. The molecule has 0 saturated heterocycles. The maximum absolute atomic E-state index is 2.77. The van der Waals surface area contributed by atoms with Crippen LogP contribution in [-0.4, -0.2) is 12.3 Å². The summed E-state index contributed by atoms with van der Waals surface area (Å²) >= 11 is 0. The van der Waals surface area contributed by atoms with E-state index in [4.69, 9.17) is 0 Å². The van der Waals surface area contributed by atoms with Crippen LogP contribution in [0.5, 0.6) is 0 Å². The topological polar surface area (TPSA) is 9.72 Å². The van der Waals surface area contributed by atoms with Crippen LogP contribution in [0.15, 0.2) is 158 Å². The van der Waals surface area contributed by atoms with E-state index in [0.29, 0.717) is 0 Å². The second-order valence-corrected chi connectivity index (χ2v) is 31.4. The Morgan fingerprint density at radius 2 is 0.805 bits per heavy atom. The molecule has 2 unspecified atom stereocenters. The van der Waals surface area contributed by atoms with Crippen molar-refractivity contribution in [2.24, 2.45) is 0 Å². The molecule has 2 atom stereocenters. The fourth-order valence-corrected chi connectivity index (χ4v) is 15.2. The second-order valence-electron chi connectivity index (χ2n) is 31.4. The highest BCUT2D eigenvalue weighted by Crippen LogP contribution is 2.66. The van der Waals surface area contributed by atoms with Gasteiger partial charge in [-0.2, -0.15) is 0 Å². The summed E-state index contributed by atoms with van der Waals surface area (Å²) in [6, 6.07) is 62.9. The average molecular weight is 1080 g/mol. The largest absolute Gasteiger partial charge is 0.334 e. The molecule has 13 rings (SSSR count). The molecule has 4 heteroatoms. The van der Waals surface area contributed by atoms with E-state index < -0.39 is 0 Å². The molecule has 418 valence electrons. The first kappa shape index (κ1) is 54.5. The minimum absolute atomic E-state index is 0.00110. The zero-order chi connectivity index (χ0) is 58.2. The molecule has 3 heterocycles. The van der Waals surface area contributed by atoms with Gasteiger partial charge in [0.25, 0.3) is 6.71 Å². The van der Waals surface area contributed by atoms with Gasteiger partial charge in [-0.05, 0) is 192 Å². The first-order valence-corrected chi connectivity index (χ1v) is 30.9. The van der Waals surface area contributed by atoms with Gasteiger partial charge in [0, 0.05) is 50.7 Å². The molecule has 2 aliphatic carbocycles. The van der Waals surface area contributed by atoms with Crippen molar-refractivity contribution in [1.82, 2.24) is 0 Å². The smallest absolute Gasteiger partial charge is 0.252 e. The molecule has 0 aromatic heterocycles. The van der Waals surface area contributed by atoms with Gasteiger partial charge >= 0.3 is 0 Å². The monoisotopic (exact) mass is 1080 g/mol. The third-order valence-corrected chi connectivity index (χ3v) is 21.0. The zero-order valence-corrected chi connectivity index (χ0v) is 52.8. The third-order valence-electron chi connectivity index (χ3n) is 21.0. The Balaban J connectivity index is 1.17. The van der Waals surface area contributed by atoms with Gasteiger partial charge < -0.3 is 14.7 Å². The molecule has 1 saturated carbocycles. The zero-order valence-electron chi connectivity index (χ0n) is 52.8. The Hall–Kier alpha value is -6.78. The van der Waals surface area contributed by atoms with Gasteiger partial charge in [-0.15, -0.1) is 0 Å². The fraction of sp³-hybridized carbons (Fsp3) is 0.385. The van der Waals surface area contributed by atoms with Gasteiger partial charge in [-0.1, -0.05) is 215 Å². The molecule has 8 aromatic carbocycles. The lowest BCUT2D eigenvalue weighted by Crippen LogP contribution is -2.62. The number of rotatable bonds is 5. The van der Waals surface area contributed by atoms with E-state index in [1.165, 1.54) is 130 Å². The number of fused-ring (bicyclic) bond motifs is 8. The summed E-state index contributed by atoms with van der Waals surface area (Å²) in [5.41, 5.74) is 28.7. The first-order chi connectivity index (χ1) is 38.4. The van der Waals surface area contributed by atoms with Crippen molar-refractivity contribution in [3.63, 3.8) is 0 Å². The Bertz CT molecular complexity index is 3910. The predicted molar refractivity (Wildman–Crippen MR) is 355 cm³/mol. The van der Waals surface area contributed by atoms with Crippen LogP contribution in [0.4, 0.5) is 45.5 Å². The third kappa shape index (κ3) is 8.17. The second kappa shape index (κ2) is 17.9. The van der Waals surface area contributed by atoms with Gasteiger partial charge in [0.05, 0.1) is 16.9 Å². The van der Waals surface area contributed by atoms with E-state index in [-0.39, 0.29) is 50.2 Å². The molecule has 0 amide bonds. The van der Waals surface area contributed by atoms with Crippen molar-refractivity contribution < 1.29 is 0 Å². The van der Waals surface area contributed by atoms with Crippen LogP contribution in [0.25, 0.3) is 22.3 Å². The van der Waals surface area contributed by atoms with Gasteiger partial charge in [0.15, 0.2) is 0 Å². The summed E-state index contributed by atoms with van der Waals surface area (Å²) in [6.07, 6.45) is 4.62. The Kier molecular flexibility index (Phi) is 11.9. The van der Waals surface area contributed by atoms with Crippen molar-refractivity contribution in [2.75, 3.05) is 14.7 Å². The Labute approximate surface area is 493 Å². The number of nitrogens with zero attached hydrogens (tertiary/aromatic N) is 3. The fourth-order valence-electron chi connectivity index (χ4n) is 15.2. The molecule has 8 aromatic rings. The van der Waals surface area contributed by atoms with Gasteiger partial charge in [0.2, 0.25) is 0 Å². The molecular formula is C78H88BN3. The highest BCUT2D eigenvalue weighted by atomic mass is 15.3. The highest BCUT2D eigenvalue weighted by Gasteiger charge is 2.63. The predicted octanol–water partition coefficient (Wildman–Crippen LogP) is 19.6. The minimum Gasteiger partial charge on any atom is -0.334 e. The van der Waals surface area contributed by atoms with E-state index in [2.05, 4.69) is 297 Å². The molecule has 3 aliphatic heterocycles. The lowest BCUT2D eigenvalue weighted by molar-refractivity contribution is 0.133. The average Bonchev–Trinajstić information content (AvgIpc) is 1.32. The molecule has 0 bridgehead atoms. The molecule has 82 heavy (non-hydrogen) atoms. The SMILES string of the molecule is CC(C)(C)c1ccc(N2c3cc(N4c5ccc(C(C)(C)C)cc5C5(C)CCC45C)ccc3B3c4cc5c(cc4N(c4ccc(C(C)(C)C)cc4-c4ccccc4)c4cc(C(C)(C)C)cc2c43)C(C)(C)CCC5(C)C)c(-c2ccccc2)c1. The molecule has 3 nitrogen and oxygen atoms in total. The van der Waals surface area contributed by atoms with Crippen LogP contribution >= 0.6 is 0 Å². The van der Waals surface area contributed by atoms with Crippen LogP contribution in [-0.2, 0) is 37.9 Å². The number of benzene rings is 8. The Morgan fingerprint density at radius 1 is 0.354 bits per heavy atom. The normalized spacial score (nSPS) is 20.3. The summed E-state index contributed by atoms with van der Waals surface area (Å²) in [5.74, 6) is 0. The van der Waals surface area contributed by atoms with Crippen molar-refractivity contribution >= 4 is 68.6 Å². The van der Waals surface area contributed by atoms with Crippen LogP contribution in [0.3, 0.4) is 0 Å². The van der Waals surface area contributed by atoms with Gasteiger partial charge in [0.1, 0.15) is 0 Å². The molecular weight excluding hydrogens is 990 g/mol. The van der Waals surface area contributed by atoms with Crippen molar-refractivity contribution in [1.29, 1.82) is 0 Å². The molecule has 5 aliphatic rings. The molecule has 0 spiro atoms. The van der Waals surface area contributed by atoms with Crippen LogP contribution < -0.4 is 31.1 Å². The van der Waals surface area contributed by atoms with Crippen molar-refractivity contribution in [3.05, 3.63) is 197 Å². The first-order valence-electron chi connectivity index (χ1n) is 30.9. The van der Waals surface area contributed by atoms with Crippen LogP contribution in [0.2, 0.25) is 0 Å². The summed E-state index contributed by atoms with van der Waals surface area (Å²) < 4.78 is 0. The summed E-state index contributed by atoms with van der Waals surface area (Å²) in [6.45, 7) is 43.5. The van der Waals surface area contributed by atoms with Crippen LogP contribution in [0, 0.1) is 0 Å². The quantitative estimate of drug-likeness (QED) is 0.159. The standard InChI is InChI=1S/C78H88BN3/c1-71(2,3)51-29-34-63(56(41-51)49-25-21-19-22-26-49)80-66-46-55(82-65-36-31-53(73(7,8)9)43-60(65)77(17)39-40-78(77,82)18)32-33-61(66)79-62-47-58-59(76(15,16)38-37-75(58,13)14)48-67(62)81(69-45-54(74(10,11)12)44-68(80)70(69)79)64-35-30-52(72(4,5)6)42-57(64)50-27-23-20-24-28-50/h19-36,41-48H,37-40H2,1-18H3. The van der Waals surface area contributed by atoms with E-state index in [1.807, 2.05) is 0 Å². The van der Waals surface area contributed by atoms with Gasteiger partial charge in [-0.3, -0.25) is 0 Å².